The van der Waals surface area contributed by atoms with Crippen molar-refractivity contribution in [2.75, 3.05) is 15.9 Å². The van der Waals surface area contributed by atoms with Crippen molar-refractivity contribution in [1.29, 1.82) is 0 Å². The molecule has 1 aromatic heterocycles. The third-order valence-corrected chi connectivity index (χ3v) is 7.08. The Bertz CT molecular complexity index is 1420. The Kier molecular flexibility index (Phi) is 7.80. The Hall–Kier alpha value is -3.97. The number of amides is 1. The number of carbonyl (C=O) groups is 1. The van der Waals surface area contributed by atoms with Crippen molar-refractivity contribution in [1.82, 2.24) is 4.98 Å². The zero-order valence-corrected chi connectivity index (χ0v) is 21.2. The van der Waals surface area contributed by atoms with Crippen LogP contribution in [0, 0.1) is 0 Å². The summed E-state index contributed by atoms with van der Waals surface area (Å²) in [4.78, 5) is 16.8. The van der Waals surface area contributed by atoms with Crippen LogP contribution in [0.4, 0.5) is 11.4 Å². The average molecular weight is 500 g/mol. The molecule has 4 rings (SSSR count). The molecule has 6 nitrogen and oxygen atoms in total. The van der Waals surface area contributed by atoms with E-state index in [1.54, 1.807) is 36.7 Å². The van der Waals surface area contributed by atoms with Gasteiger partial charge in [0.1, 0.15) is 0 Å². The highest BCUT2D eigenvalue weighted by Crippen LogP contribution is 2.25. The van der Waals surface area contributed by atoms with Gasteiger partial charge >= 0.3 is 0 Å². The SMILES string of the molecule is CCc1ccccc1N(Cc1ccc(C(=O)Nc2ccc(Cc3ccncc3)cc2)cc1)S(C)(=O)=O. The van der Waals surface area contributed by atoms with E-state index in [0.717, 1.165) is 29.5 Å². The highest BCUT2D eigenvalue weighted by Gasteiger charge is 2.20. The van der Waals surface area contributed by atoms with E-state index in [9.17, 15) is 13.2 Å². The largest absolute Gasteiger partial charge is 0.322 e. The maximum atomic E-state index is 12.8. The van der Waals surface area contributed by atoms with Crippen LogP contribution >= 0.6 is 0 Å². The first-order chi connectivity index (χ1) is 17.3. The molecule has 0 aliphatic rings. The summed E-state index contributed by atoms with van der Waals surface area (Å²) in [6.07, 6.45) is 6.29. The predicted octanol–water partition coefficient (Wildman–Crippen LogP) is 5.45. The Morgan fingerprint density at radius 2 is 1.44 bits per heavy atom. The molecule has 0 radical (unpaired) electrons. The summed E-state index contributed by atoms with van der Waals surface area (Å²) < 4.78 is 26.5. The minimum absolute atomic E-state index is 0.191. The van der Waals surface area contributed by atoms with Crippen molar-refractivity contribution >= 4 is 27.3 Å². The van der Waals surface area contributed by atoms with E-state index in [1.807, 2.05) is 67.6 Å². The Morgan fingerprint density at radius 3 is 2.08 bits per heavy atom. The fourth-order valence-corrected chi connectivity index (χ4v) is 4.93. The second kappa shape index (κ2) is 11.2. The number of nitrogens with one attached hydrogen (secondary N) is 1. The number of nitrogens with zero attached hydrogens (tertiary/aromatic N) is 2. The van der Waals surface area contributed by atoms with Crippen LogP contribution in [-0.2, 0) is 29.4 Å². The molecule has 7 heteroatoms. The predicted molar refractivity (Wildman–Crippen MR) is 145 cm³/mol. The molecule has 0 bridgehead atoms. The van der Waals surface area contributed by atoms with Crippen LogP contribution < -0.4 is 9.62 Å². The normalized spacial score (nSPS) is 11.2. The molecule has 0 spiro atoms. The molecule has 36 heavy (non-hydrogen) atoms. The molecular weight excluding hydrogens is 470 g/mol. The molecule has 0 saturated carbocycles. The molecule has 3 aromatic carbocycles. The lowest BCUT2D eigenvalue weighted by molar-refractivity contribution is 0.102. The van der Waals surface area contributed by atoms with Gasteiger partial charge in [0.05, 0.1) is 18.5 Å². The fraction of sp³-hybridized carbons (Fsp3) is 0.172. The number of sulfonamides is 1. The Morgan fingerprint density at radius 1 is 0.833 bits per heavy atom. The monoisotopic (exact) mass is 499 g/mol. The molecule has 0 aliphatic carbocycles. The van der Waals surface area contributed by atoms with Crippen molar-refractivity contribution in [3.05, 3.63) is 125 Å². The molecule has 0 fully saturated rings. The third kappa shape index (κ3) is 6.37. The summed E-state index contributed by atoms with van der Waals surface area (Å²) in [5.74, 6) is -0.222. The number of benzene rings is 3. The van der Waals surface area contributed by atoms with Crippen LogP contribution in [0.3, 0.4) is 0 Å². The number of rotatable bonds is 9. The fourth-order valence-electron chi connectivity index (χ4n) is 4.01. The number of aryl methyl sites for hydroxylation is 1. The van der Waals surface area contributed by atoms with E-state index >= 15 is 0 Å². The number of hydrogen-bond donors (Lipinski definition) is 1. The van der Waals surface area contributed by atoms with Gasteiger partial charge in [-0.15, -0.1) is 0 Å². The lowest BCUT2D eigenvalue weighted by atomic mass is 10.1. The van der Waals surface area contributed by atoms with E-state index < -0.39 is 10.0 Å². The van der Waals surface area contributed by atoms with E-state index in [-0.39, 0.29) is 12.5 Å². The highest BCUT2D eigenvalue weighted by atomic mass is 32.2. The minimum atomic E-state index is -3.49. The number of hydrogen-bond acceptors (Lipinski definition) is 4. The van der Waals surface area contributed by atoms with Crippen LogP contribution in [0.15, 0.2) is 97.3 Å². The van der Waals surface area contributed by atoms with E-state index in [2.05, 4.69) is 10.3 Å². The van der Waals surface area contributed by atoms with Crippen LogP contribution in [0.25, 0.3) is 0 Å². The number of carbonyl (C=O) groups excluding carboxylic acids is 1. The quantitative estimate of drug-likeness (QED) is 0.332. The van der Waals surface area contributed by atoms with E-state index in [4.69, 9.17) is 0 Å². The smallest absolute Gasteiger partial charge is 0.255 e. The second-order valence-corrected chi connectivity index (χ2v) is 10.5. The van der Waals surface area contributed by atoms with Gasteiger partial charge in [0.15, 0.2) is 0 Å². The minimum Gasteiger partial charge on any atom is -0.322 e. The number of aromatic nitrogens is 1. The maximum absolute atomic E-state index is 12.8. The summed E-state index contributed by atoms with van der Waals surface area (Å²) in [6, 6.07) is 26.2. The molecule has 1 heterocycles. The summed E-state index contributed by atoms with van der Waals surface area (Å²) in [5.41, 5.74) is 5.96. The first-order valence-electron chi connectivity index (χ1n) is 11.8. The summed E-state index contributed by atoms with van der Waals surface area (Å²) in [5, 5.41) is 2.92. The Labute approximate surface area is 212 Å². The first-order valence-corrected chi connectivity index (χ1v) is 13.6. The van der Waals surface area contributed by atoms with Crippen LogP contribution in [-0.4, -0.2) is 25.6 Å². The van der Waals surface area contributed by atoms with Crippen molar-refractivity contribution < 1.29 is 13.2 Å². The molecule has 0 atom stereocenters. The van der Waals surface area contributed by atoms with Crippen LogP contribution in [0.1, 0.15) is 39.5 Å². The molecule has 1 N–H and O–H groups in total. The highest BCUT2D eigenvalue weighted by molar-refractivity contribution is 7.92. The standard InChI is InChI=1S/C29H29N3O3S/c1-3-25-6-4-5-7-28(25)32(36(2,34)35)21-24-8-12-26(13-9-24)29(33)31-27-14-10-22(11-15-27)20-23-16-18-30-19-17-23/h4-19H,3,20-21H2,1-2H3,(H,31,33). The number of para-hydroxylation sites is 1. The zero-order chi connectivity index (χ0) is 25.5. The number of pyridine rings is 1. The third-order valence-electron chi connectivity index (χ3n) is 5.95. The molecule has 1 amide bonds. The summed E-state index contributed by atoms with van der Waals surface area (Å²) in [7, 11) is -3.49. The average Bonchev–Trinajstić information content (AvgIpc) is 2.88. The van der Waals surface area contributed by atoms with Gasteiger partial charge in [-0.2, -0.15) is 0 Å². The topological polar surface area (TPSA) is 79.4 Å². The molecule has 0 saturated heterocycles. The van der Waals surface area contributed by atoms with Gasteiger partial charge in [-0.3, -0.25) is 14.1 Å². The van der Waals surface area contributed by atoms with Crippen molar-refractivity contribution in [3.63, 3.8) is 0 Å². The maximum Gasteiger partial charge on any atom is 0.255 e. The van der Waals surface area contributed by atoms with Gasteiger partial charge in [0.2, 0.25) is 10.0 Å². The zero-order valence-electron chi connectivity index (χ0n) is 20.4. The van der Waals surface area contributed by atoms with Crippen molar-refractivity contribution in [2.45, 2.75) is 26.3 Å². The second-order valence-electron chi connectivity index (χ2n) is 8.63. The van der Waals surface area contributed by atoms with Crippen LogP contribution in [0.5, 0.6) is 0 Å². The molecular formula is C29H29N3O3S. The van der Waals surface area contributed by atoms with Gasteiger partial charge < -0.3 is 5.32 Å². The van der Waals surface area contributed by atoms with Crippen molar-refractivity contribution in [3.8, 4) is 0 Å². The molecule has 0 aliphatic heterocycles. The number of anilines is 2. The lowest BCUT2D eigenvalue weighted by Gasteiger charge is -2.25. The van der Waals surface area contributed by atoms with Crippen molar-refractivity contribution in [2.24, 2.45) is 0 Å². The van der Waals surface area contributed by atoms with Crippen LogP contribution in [0.2, 0.25) is 0 Å². The van der Waals surface area contributed by atoms with Gasteiger partial charge in [0.25, 0.3) is 5.91 Å². The lowest BCUT2D eigenvalue weighted by Crippen LogP contribution is -2.30. The van der Waals surface area contributed by atoms with E-state index in [0.29, 0.717) is 16.9 Å². The van der Waals surface area contributed by atoms with Gasteiger partial charge in [-0.05, 0) is 77.6 Å². The molecule has 184 valence electrons. The van der Waals surface area contributed by atoms with Gasteiger partial charge in [-0.25, -0.2) is 8.42 Å². The molecule has 0 unspecified atom stereocenters. The van der Waals surface area contributed by atoms with E-state index in [1.165, 1.54) is 16.1 Å². The Balaban J connectivity index is 1.43. The van der Waals surface area contributed by atoms with Gasteiger partial charge in [-0.1, -0.05) is 49.4 Å². The van der Waals surface area contributed by atoms with Gasteiger partial charge in [0, 0.05) is 23.6 Å². The first kappa shape index (κ1) is 25.1. The molecule has 4 aromatic rings. The summed E-state index contributed by atoms with van der Waals surface area (Å²) in [6.45, 7) is 2.19. The summed E-state index contributed by atoms with van der Waals surface area (Å²) >= 11 is 0.